The topological polar surface area (TPSA) is 38.9 Å². The highest BCUT2D eigenvalue weighted by molar-refractivity contribution is 7.99. The molecule has 1 aliphatic heterocycles. The van der Waals surface area contributed by atoms with Crippen molar-refractivity contribution in [2.75, 3.05) is 11.5 Å². The van der Waals surface area contributed by atoms with Gasteiger partial charge in [0, 0.05) is 17.1 Å². The summed E-state index contributed by atoms with van der Waals surface area (Å²) in [6, 6.07) is 0.343. The van der Waals surface area contributed by atoms with Crippen LogP contribution in [0.25, 0.3) is 0 Å². The summed E-state index contributed by atoms with van der Waals surface area (Å²) in [5.74, 6) is 3.27. The van der Waals surface area contributed by atoms with Gasteiger partial charge in [0.05, 0.1) is 5.51 Å². The summed E-state index contributed by atoms with van der Waals surface area (Å²) in [4.78, 5) is 5.38. The first-order valence-corrected chi connectivity index (χ1v) is 6.60. The molecule has 0 aromatic carbocycles. The molecule has 0 radical (unpaired) electrons. The van der Waals surface area contributed by atoms with Crippen molar-refractivity contribution in [3.63, 3.8) is 0 Å². The predicted molar refractivity (Wildman–Crippen MR) is 59.2 cm³/mol. The van der Waals surface area contributed by atoms with Crippen LogP contribution in [0.3, 0.4) is 0 Å². The second-order valence-electron chi connectivity index (χ2n) is 3.46. The standard InChI is InChI=1S/C9H14N2S2/c10-9(7-1-2-12-5-7)3-8-4-11-6-13-8/h4,6-7,9H,1-3,5,10H2. The van der Waals surface area contributed by atoms with Gasteiger partial charge in [-0.2, -0.15) is 11.8 Å². The summed E-state index contributed by atoms with van der Waals surface area (Å²) in [5.41, 5.74) is 8.02. The fourth-order valence-corrected chi connectivity index (χ4v) is 3.65. The van der Waals surface area contributed by atoms with Crippen molar-refractivity contribution in [2.24, 2.45) is 11.7 Å². The lowest BCUT2D eigenvalue weighted by Gasteiger charge is -2.16. The normalized spacial score (nSPS) is 24.8. The summed E-state index contributed by atoms with van der Waals surface area (Å²) in [5, 5.41) is 0. The zero-order valence-corrected chi connectivity index (χ0v) is 9.11. The van der Waals surface area contributed by atoms with Crippen molar-refractivity contribution in [1.82, 2.24) is 4.98 Å². The minimum absolute atomic E-state index is 0.343. The van der Waals surface area contributed by atoms with Gasteiger partial charge in [0.2, 0.25) is 0 Å². The molecule has 72 valence electrons. The average molecular weight is 214 g/mol. The minimum atomic E-state index is 0.343. The van der Waals surface area contributed by atoms with E-state index in [9.17, 15) is 0 Å². The quantitative estimate of drug-likeness (QED) is 0.833. The molecule has 0 bridgehead atoms. The lowest BCUT2D eigenvalue weighted by molar-refractivity contribution is 0.465. The lowest BCUT2D eigenvalue weighted by atomic mass is 9.97. The molecular weight excluding hydrogens is 200 g/mol. The Morgan fingerprint density at radius 2 is 2.62 bits per heavy atom. The van der Waals surface area contributed by atoms with E-state index >= 15 is 0 Å². The first-order valence-electron chi connectivity index (χ1n) is 4.57. The number of rotatable bonds is 3. The maximum atomic E-state index is 6.14. The van der Waals surface area contributed by atoms with Crippen LogP contribution in [0.1, 0.15) is 11.3 Å². The number of thiazole rings is 1. The summed E-state index contributed by atoms with van der Waals surface area (Å²) in [6.07, 6.45) is 4.24. The van der Waals surface area contributed by atoms with Gasteiger partial charge in [0.15, 0.2) is 0 Å². The summed E-state index contributed by atoms with van der Waals surface area (Å²) >= 11 is 3.74. The van der Waals surface area contributed by atoms with E-state index in [4.69, 9.17) is 5.73 Å². The summed E-state index contributed by atoms with van der Waals surface area (Å²) in [6.45, 7) is 0. The second kappa shape index (κ2) is 4.44. The van der Waals surface area contributed by atoms with E-state index in [1.54, 1.807) is 11.3 Å². The maximum Gasteiger partial charge on any atom is 0.0794 e. The zero-order chi connectivity index (χ0) is 9.10. The molecule has 2 N–H and O–H groups in total. The first-order chi connectivity index (χ1) is 6.36. The molecule has 13 heavy (non-hydrogen) atoms. The highest BCUT2D eigenvalue weighted by atomic mass is 32.2. The fraction of sp³-hybridized carbons (Fsp3) is 0.667. The van der Waals surface area contributed by atoms with Crippen LogP contribution in [0.15, 0.2) is 11.7 Å². The van der Waals surface area contributed by atoms with Gasteiger partial charge < -0.3 is 5.73 Å². The van der Waals surface area contributed by atoms with Crippen LogP contribution in [0.5, 0.6) is 0 Å². The molecule has 0 aliphatic carbocycles. The SMILES string of the molecule is NC(Cc1cncs1)C1CCSC1. The minimum Gasteiger partial charge on any atom is -0.327 e. The average Bonchev–Trinajstić information content (AvgIpc) is 2.74. The molecule has 1 saturated heterocycles. The van der Waals surface area contributed by atoms with Gasteiger partial charge in [-0.1, -0.05) is 0 Å². The van der Waals surface area contributed by atoms with Crippen LogP contribution < -0.4 is 5.73 Å². The van der Waals surface area contributed by atoms with Crippen LogP contribution >= 0.6 is 23.1 Å². The van der Waals surface area contributed by atoms with Gasteiger partial charge in [0.1, 0.15) is 0 Å². The Morgan fingerprint density at radius 3 is 3.23 bits per heavy atom. The fourth-order valence-electron chi connectivity index (χ4n) is 1.63. The summed E-state index contributed by atoms with van der Waals surface area (Å²) in [7, 11) is 0. The van der Waals surface area contributed by atoms with Crippen LogP contribution in [0.2, 0.25) is 0 Å². The number of nitrogens with two attached hydrogens (primary N) is 1. The third-order valence-corrected chi connectivity index (χ3v) is 4.48. The Hall–Kier alpha value is -0.0600. The Balaban J connectivity index is 1.87. The zero-order valence-electron chi connectivity index (χ0n) is 7.48. The van der Waals surface area contributed by atoms with Crippen molar-refractivity contribution in [3.8, 4) is 0 Å². The van der Waals surface area contributed by atoms with Crippen molar-refractivity contribution < 1.29 is 0 Å². The molecule has 0 amide bonds. The lowest BCUT2D eigenvalue weighted by Crippen LogP contribution is -2.31. The van der Waals surface area contributed by atoms with E-state index in [1.165, 1.54) is 22.8 Å². The van der Waals surface area contributed by atoms with Crippen molar-refractivity contribution in [3.05, 3.63) is 16.6 Å². The number of nitrogens with zero attached hydrogens (tertiary/aromatic N) is 1. The summed E-state index contributed by atoms with van der Waals surface area (Å²) < 4.78 is 0. The highest BCUT2D eigenvalue weighted by Crippen LogP contribution is 2.27. The van der Waals surface area contributed by atoms with Gasteiger partial charge in [-0.25, -0.2) is 0 Å². The number of thioether (sulfide) groups is 1. The van der Waals surface area contributed by atoms with E-state index in [0.29, 0.717) is 6.04 Å². The Kier molecular flexibility index (Phi) is 3.24. The third kappa shape index (κ3) is 2.45. The monoisotopic (exact) mass is 214 g/mol. The van der Waals surface area contributed by atoms with E-state index in [1.807, 2.05) is 23.5 Å². The first kappa shape index (κ1) is 9.49. The molecule has 2 atom stereocenters. The Bertz CT molecular complexity index is 242. The molecule has 1 aliphatic rings. The molecule has 2 nitrogen and oxygen atoms in total. The van der Waals surface area contributed by atoms with E-state index < -0.39 is 0 Å². The van der Waals surface area contributed by atoms with E-state index in [2.05, 4.69) is 4.98 Å². The molecule has 1 aromatic heterocycles. The molecule has 1 aromatic rings. The molecule has 2 heterocycles. The molecule has 4 heteroatoms. The largest absolute Gasteiger partial charge is 0.327 e. The van der Waals surface area contributed by atoms with E-state index in [-0.39, 0.29) is 0 Å². The van der Waals surface area contributed by atoms with Crippen LogP contribution in [-0.4, -0.2) is 22.5 Å². The predicted octanol–water partition coefficient (Wildman–Crippen LogP) is 1.77. The van der Waals surface area contributed by atoms with Crippen molar-refractivity contribution in [2.45, 2.75) is 18.9 Å². The van der Waals surface area contributed by atoms with Crippen molar-refractivity contribution >= 4 is 23.1 Å². The molecule has 1 fully saturated rings. The maximum absolute atomic E-state index is 6.14. The van der Waals surface area contributed by atoms with Crippen LogP contribution in [-0.2, 0) is 6.42 Å². The molecule has 2 unspecified atom stereocenters. The van der Waals surface area contributed by atoms with E-state index in [0.717, 1.165) is 12.3 Å². The molecule has 0 spiro atoms. The second-order valence-corrected chi connectivity index (χ2v) is 5.58. The smallest absolute Gasteiger partial charge is 0.0794 e. The third-order valence-electron chi connectivity index (χ3n) is 2.49. The van der Waals surface area contributed by atoms with Crippen LogP contribution in [0, 0.1) is 5.92 Å². The Morgan fingerprint density at radius 1 is 1.69 bits per heavy atom. The number of hydrogen-bond acceptors (Lipinski definition) is 4. The molecule has 2 rings (SSSR count). The van der Waals surface area contributed by atoms with Gasteiger partial charge in [-0.05, 0) is 30.3 Å². The van der Waals surface area contributed by atoms with Gasteiger partial charge in [-0.3, -0.25) is 4.98 Å². The molecule has 0 saturated carbocycles. The number of hydrogen-bond donors (Lipinski definition) is 1. The number of aromatic nitrogens is 1. The van der Waals surface area contributed by atoms with Gasteiger partial charge >= 0.3 is 0 Å². The van der Waals surface area contributed by atoms with Crippen LogP contribution in [0.4, 0.5) is 0 Å². The highest BCUT2D eigenvalue weighted by Gasteiger charge is 2.22. The van der Waals surface area contributed by atoms with Crippen molar-refractivity contribution in [1.29, 1.82) is 0 Å². The molecular formula is C9H14N2S2. The van der Waals surface area contributed by atoms with Gasteiger partial charge in [0.25, 0.3) is 0 Å². The van der Waals surface area contributed by atoms with Gasteiger partial charge in [-0.15, -0.1) is 11.3 Å². The Labute approximate surface area is 86.9 Å².